The molecule has 0 aliphatic heterocycles. The van der Waals surface area contributed by atoms with E-state index in [9.17, 15) is 4.79 Å². The number of carboxylic acid groups (broad SMARTS) is 1. The van der Waals surface area contributed by atoms with E-state index in [1.54, 1.807) is 6.92 Å². The molecular formula is C13H18BrNO2. The zero-order valence-corrected chi connectivity index (χ0v) is 11.8. The van der Waals surface area contributed by atoms with E-state index < -0.39 is 5.97 Å². The number of carboxylic acids is 1. The second-order valence-corrected chi connectivity index (χ2v) is 5.20. The minimum Gasteiger partial charge on any atom is -0.481 e. The van der Waals surface area contributed by atoms with Crippen LogP contribution in [0, 0.1) is 5.92 Å². The maximum atomic E-state index is 10.7. The van der Waals surface area contributed by atoms with Gasteiger partial charge in [0, 0.05) is 17.6 Å². The number of benzene rings is 1. The lowest BCUT2D eigenvalue weighted by Gasteiger charge is -2.19. The van der Waals surface area contributed by atoms with Gasteiger partial charge in [0.15, 0.2) is 0 Å². The van der Waals surface area contributed by atoms with Crippen LogP contribution in [-0.2, 0) is 11.2 Å². The Labute approximate surface area is 111 Å². The third kappa shape index (κ3) is 4.88. The maximum absolute atomic E-state index is 10.7. The smallest absolute Gasteiger partial charge is 0.307 e. The summed E-state index contributed by atoms with van der Waals surface area (Å²) in [6.45, 7) is 3.18. The summed E-state index contributed by atoms with van der Waals surface area (Å²) in [7, 11) is 1.95. The molecule has 0 aromatic heterocycles. The topological polar surface area (TPSA) is 40.5 Å². The van der Waals surface area contributed by atoms with Crippen LogP contribution in [0.5, 0.6) is 0 Å². The normalized spacial score (nSPS) is 12.7. The van der Waals surface area contributed by atoms with Gasteiger partial charge in [-0.15, -0.1) is 0 Å². The van der Waals surface area contributed by atoms with Gasteiger partial charge in [-0.2, -0.15) is 0 Å². The summed E-state index contributed by atoms with van der Waals surface area (Å²) in [6, 6.07) is 8.11. The summed E-state index contributed by atoms with van der Waals surface area (Å²) in [6.07, 6.45) is 0.921. The summed E-state index contributed by atoms with van der Waals surface area (Å²) in [4.78, 5) is 12.8. The third-order valence-corrected chi connectivity index (χ3v) is 3.50. The predicted octanol–water partition coefficient (Wildman–Crippen LogP) is 2.64. The molecule has 0 saturated carbocycles. The fraction of sp³-hybridized carbons (Fsp3) is 0.462. The minimum absolute atomic E-state index is 0.320. The van der Waals surface area contributed by atoms with Crippen LogP contribution in [0.15, 0.2) is 28.7 Å². The molecule has 0 radical (unpaired) electrons. The fourth-order valence-electron chi connectivity index (χ4n) is 1.65. The van der Waals surface area contributed by atoms with Crippen LogP contribution < -0.4 is 0 Å². The van der Waals surface area contributed by atoms with Gasteiger partial charge in [0.2, 0.25) is 0 Å². The molecule has 1 atom stereocenters. The third-order valence-electron chi connectivity index (χ3n) is 2.73. The monoisotopic (exact) mass is 299 g/mol. The van der Waals surface area contributed by atoms with Gasteiger partial charge in [0.25, 0.3) is 0 Å². The van der Waals surface area contributed by atoms with E-state index in [4.69, 9.17) is 5.11 Å². The Morgan fingerprint density at radius 2 is 2.12 bits per heavy atom. The number of rotatable bonds is 6. The van der Waals surface area contributed by atoms with Gasteiger partial charge in [-0.25, -0.2) is 0 Å². The molecule has 0 aliphatic carbocycles. The first-order valence-electron chi connectivity index (χ1n) is 5.65. The zero-order valence-electron chi connectivity index (χ0n) is 10.2. The number of carbonyl (C=O) groups is 1. The van der Waals surface area contributed by atoms with E-state index in [1.165, 1.54) is 5.56 Å². The summed E-state index contributed by atoms with van der Waals surface area (Å²) in [5.41, 5.74) is 1.25. The van der Waals surface area contributed by atoms with Crippen molar-refractivity contribution in [2.75, 3.05) is 20.1 Å². The molecule has 1 rings (SSSR count). The van der Waals surface area contributed by atoms with Gasteiger partial charge in [-0.1, -0.05) is 41.1 Å². The lowest BCUT2D eigenvalue weighted by atomic mass is 10.1. The van der Waals surface area contributed by atoms with Gasteiger partial charge in [-0.3, -0.25) is 4.79 Å². The lowest BCUT2D eigenvalue weighted by molar-refractivity contribution is -0.141. The number of halogens is 1. The number of nitrogens with zero attached hydrogens (tertiary/aromatic N) is 1. The van der Waals surface area contributed by atoms with E-state index >= 15 is 0 Å². The molecule has 1 N–H and O–H groups in total. The highest BCUT2D eigenvalue weighted by atomic mass is 79.9. The molecule has 0 heterocycles. The van der Waals surface area contributed by atoms with Crippen LogP contribution in [-0.4, -0.2) is 36.1 Å². The van der Waals surface area contributed by atoms with Crippen molar-refractivity contribution >= 4 is 21.9 Å². The number of aliphatic carboxylic acids is 1. The Kier molecular flexibility index (Phi) is 5.65. The Bertz CT molecular complexity index is 381. The van der Waals surface area contributed by atoms with Crippen LogP contribution in [0.3, 0.4) is 0 Å². The largest absolute Gasteiger partial charge is 0.481 e. The molecule has 0 amide bonds. The quantitative estimate of drug-likeness (QED) is 0.878. The SMILES string of the molecule is CC(CN(C)CCc1ccccc1Br)C(=O)O. The fourth-order valence-corrected chi connectivity index (χ4v) is 2.13. The summed E-state index contributed by atoms with van der Waals surface area (Å²) in [5.74, 6) is -1.06. The predicted molar refractivity (Wildman–Crippen MR) is 72.1 cm³/mol. The van der Waals surface area contributed by atoms with Gasteiger partial charge in [0.1, 0.15) is 0 Å². The molecule has 1 aromatic carbocycles. The Hall–Kier alpha value is -0.870. The van der Waals surface area contributed by atoms with Gasteiger partial charge in [-0.05, 0) is 25.1 Å². The highest BCUT2D eigenvalue weighted by Crippen LogP contribution is 2.16. The molecule has 17 heavy (non-hydrogen) atoms. The van der Waals surface area contributed by atoms with E-state index in [1.807, 2.05) is 25.2 Å². The van der Waals surface area contributed by atoms with Gasteiger partial charge in [0.05, 0.1) is 5.92 Å². The molecule has 0 spiro atoms. The average molecular weight is 300 g/mol. The summed E-state index contributed by atoms with van der Waals surface area (Å²) < 4.78 is 1.11. The van der Waals surface area contributed by atoms with Crippen molar-refractivity contribution in [1.82, 2.24) is 4.90 Å². The molecule has 94 valence electrons. The van der Waals surface area contributed by atoms with Crippen LogP contribution in [0.2, 0.25) is 0 Å². The molecule has 4 heteroatoms. The molecule has 3 nitrogen and oxygen atoms in total. The molecule has 0 aliphatic rings. The number of hydrogen-bond donors (Lipinski definition) is 1. The van der Waals surface area contributed by atoms with Gasteiger partial charge >= 0.3 is 5.97 Å². The highest BCUT2D eigenvalue weighted by molar-refractivity contribution is 9.10. The standard InChI is InChI=1S/C13H18BrNO2/c1-10(13(16)17)9-15(2)8-7-11-5-3-4-6-12(11)14/h3-6,10H,7-9H2,1-2H3,(H,16,17). The maximum Gasteiger partial charge on any atom is 0.307 e. The molecule has 0 fully saturated rings. The van der Waals surface area contributed by atoms with Crippen molar-refractivity contribution in [2.24, 2.45) is 5.92 Å². The Morgan fingerprint density at radius 3 is 2.71 bits per heavy atom. The van der Waals surface area contributed by atoms with E-state index in [-0.39, 0.29) is 5.92 Å². The Morgan fingerprint density at radius 1 is 1.47 bits per heavy atom. The first kappa shape index (κ1) is 14.2. The summed E-state index contributed by atoms with van der Waals surface area (Å²) in [5, 5.41) is 8.83. The molecule has 1 aromatic rings. The summed E-state index contributed by atoms with van der Waals surface area (Å²) >= 11 is 3.51. The number of hydrogen-bond acceptors (Lipinski definition) is 2. The molecule has 1 unspecified atom stereocenters. The Balaban J connectivity index is 2.41. The van der Waals surface area contributed by atoms with E-state index in [0.717, 1.165) is 17.4 Å². The van der Waals surface area contributed by atoms with Crippen LogP contribution in [0.1, 0.15) is 12.5 Å². The number of likely N-dealkylation sites (N-methyl/N-ethyl adjacent to an activating group) is 1. The molecule has 0 bridgehead atoms. The zero-order chi connectivity index (χ0) is 12.8. The molecular weight excluding hydrogens is 282 g/mol. The van der Waals surface area contributed by atoms with Crippen molar-refractivity contribution in [3.05, 3.63) is 34.3 Å². The second kappa shape index (κ2) is 6.77. The first-order valence-corrected chi connectivity index (χ1v) is 6.44. The second-order valence-electron chi connectivity index (χ2n) is 4.34. The van der Waals surface area contributed by atoms with Crippen molar-refractivity contribution < 1.29 is 9.90 Å². The average Bonchev–Trinajstić information content (AvgIpc) is 2.27. The van der Waals surface area contributed by atoms with Gasteiger partial charge < -0.3 is 10.0 Å². The van der Waals surface area contributed by atoms with Crippen LogP contribution in [0.25, 0.3) is 0 Å². The van der Waals surface area contributed by atoms with Crippen molar-refractivity contribution in [2.45, 2.75) is 13.3 Å². The first-order chi connectivity index (χ1) is 8.00. The van der Waals surface area contributed by atoms with Crippen molar-refractivity contribution in [1.29, 1.82) is 0 Å². The van der Waals surface area contributed by atoms with Crippen molar-refractivity contribution in [3.8, 4) is 0 Å². The van der Waals surface area contributed by atoms with Crippen LogP contribution in [0.4, 0.5) is 0 Å². The lowest BCUT2D eigenvalue weighted by Crippen LogP contribution is -2.30. The highest BCUT2D eigenvalue weighted by Gasteiger charge is 2.13. The van der Waals surface area contributed by atoms with E-state index in [2.05, 4.69) is 26.9 Å². The molecule has 0 saturated heterocycles. The minimum atomic E-state index is -0.738. The van der Waals surface area contributed by atoms with Crippen LogP contribution >= 0.6 is 15.9 Å². The van der Waals surface area contributed by atoms with Crippen molar-refractivity contribution in [3.63, 3.8) is 0 Å². The van der Waals surface area contributed by atoms with E-state index in [0.29, 0.717) is 6.54 Å².